The Morgan fingerprint density at radius 2 is 1.83 bits per heavy atom. The van der Waals surface area contributed by atoms with Gasteiger partial charge in [0, 0.05) is 19.6 Å². The van der Waals surface area contributed by atoms with Gasteiger partial charge in [-0.15, -0.1) is 12.4 Å². The molecule has 0 aromatic heterocycles. The number of amides is 5. The van der Waals surface area contributed by atoms with Gasteiger partial charge in [-0.3, -0.25) is 19.3 Å². The molecule has 2 aliphatic rings. The molecule has 0 aromatic rings. The molecular weight excluding hydrogens is 324 g/mol. The second kappa shape index (κ2) is 8.26. The molecule has 0 aliphatic carbocycles. The maximum atomic E-state index is 12.5. The van der Waals surface area contributed by atoms with Crippen molar-refractivity contribution in [1.82, 2.24) is 20.0 Å². The number of hydrogen-bond acceptors (Lipinski definition) is 5. The predicted molar refractivity (Wildman–Crippen MR) is 85.0 cm³/mol. The highest BCUT2D eigenvalue weighted by Crippen LogP contribution is 2.15. The van der Waals surface area contributed by atoms with E-state index in [9.17, 15) is 19.2 Å². The van der Waals surface area contributed by atoms with E-state index in [-0.39, 0.29) is 30.9 Å². The molecule has 2 heterocycles. The van der Waals surface area contributed by atoms with Crippen molar-refractivity contribution < 1.29 is 19.2 Å². The van der Waals surface area contributed by atoms with Crippen LogP contribution in [0.15, 0.2) is 0 Å². The Hall–Kier alpha value is -1.67. The highest BCUT2D eigenvalue weighted by Gasteiger charge is 2.43. The second-order valence-corrected chi connectivity index (χ2v) is 5.61. The zero-order chi connectivity index (χ0) is 16.3. The average molecular weight is 347 g/mol. The van der Waals surface area contributed by atoms with Crippen molar-refractivity contribution in [2.45, 2.75) is 32.2 Å². The summed E-state index contributed by atoms with van der Waals surface area (Å²) in [6.07, 6.45) is 2.51. The molecule has 130 valence electrons. The molecule has 2 saturated heterocycles. The van der Waals surface area contributed by atoms with Crippen molar-refractivity contribution in [2.75, 3.05) is 33.2 Å². The minimum Gasteiger partial charge on any atom is -0.338 e. The molecule has 9 heteroatoms. The third-order valence-electron chi connectivity index (χ3n) is 4.08. The topological polar surface area (TPSA) is 90.0 Å². The molecule has 23 heavy (non-hydrogen) atoms. The standard InChI is InChI=1S/C14H22N4O4.ClH/c1-3-8-17(10-4-6-15-7-5-10)11(19)9-18-13(21)12(20)16(2)14(18)22;/h10,15H,3-9H2,1-2H3;1H. The SMILES string of the molecule is CCCN(C(=O)CN1C(=O)C(=O)N(C)C1=O)C1CCNCC1.Cl. The van der Waals surface area contributed by atoms with E-state index in [1.807, 2.05) is 6.92 Å². The number of rotatable bonds is 5. The van der Waals surface area contributed by atoms with Crippen LogP contribution in [0.25, 0.3) is 0 Å². The number of carbonyl (C=O) groups is 4. The Kier molecular flexibility index (Phi) is 6.96. The average Bonchev–Trinajstić information content (AvgIpc) is 2.71. The van der Waals surface area contributed by atoms with Crippen LogP contribution in [0.3, 0.4) is 0 Å². The van der Waals surface area contributed by atoms with Crippen molar-refractivity contribution in [3.05, 3.63) is 0 Å². The number of nitrogens with one attached hydrogen (secondary N) is 1. The van der Waals surface area contributed by atoms with Gasteiger partial charge >= 0.3 is 17.8 Å². The first-order chi connectivity index (χ1) is 10.5. The minimum absolute atomic E-state index is 0. The van der Waals surface area contributed by atoms with Gasteiger partial charge in [-0.2, -0.15) is 0 Å². The fraction of sp³-hybridized carbons (Fsp3) is 0.714. The molecule has 5 amide bonds. The maximum Gasteiger partial charge on any atom is 0.334 e. The van der Waals surface area contributed by atoms with Crippen molar-refractivity contribution in [3.63, 3.8) is 0 Å². The Labute approximate surface area is 141 Å². The number of piperidine rings is 1. The monoisotopic (exact) mass is 346 g/mol. The zero-order valence-corrected chi connectivity index (χ0v) is 14.2. The molecule has 0 bridgehead atoms. The van der Waals surface area contributed by atoms with Crippen molar-refractivity contribution >= 4 is 36.2 Å². The first kappa shape index (κ1) is 19.4. The van der Waals surface area contributed by atoms with Gasteiger partial charge in [0.25, 0.3) is 0 Å². The summed E-state index contributed by atoms with van der Waals surface area (Å²) in [6.45, 7) is 3.90. The van der Waals surface area contributed by atoms with Gasteiger partial charge in [-0.05, 0) is 32.4 Å². The first-order valence-corrected chi connectivity index (χ1v) is 7.61. The highest BCUT2D eigenvalue weighted by molar-refractivity contribution is 6.44. The number of urea groups is 1. The lowest BCUT2D eigenvalue weighted by Crippen LogP contribution is -2.50. The van der Waals surface area contributed by atoms with E-state index >= 15 is 0 Å². The van der Waals surface area contributed by atoms with Crippen LogP contribution in [0, 0.1) is 0 Å². The van der Waals surface area contributed by atoms with Crippen LogP contribution in [0.4, 0.5) is 4.79 Å². The number of nitrogens with zero attached hydrogens (tertiary/aromatic N) is 3. The summed E-state index contributed by atoms with van der Waals surface area (Å²) >= 11 is 0. The van der Waals surface area contributed by atoms with Gasteiger partial charge in [-0.1, -0.05) is 6.92 Å². The predicted octanol–water partition coefficient (Wildman–Crippen LogP) is -0.181. The quantitative estimate of drug-likeness (QED) is 0.551. The summed E-state index contributed by atoms with van der Waals surface area (Å²) in [7, 11) is 1.24. The fourth-order valence-corrected chi connectivity index (χ4v) is 2.85. The Balaban J connectivity index is 0.00000264. The van der Waals surface area contributed by atoms with Gasteiger partial charge in [0.2, 0.25) is 5.91 Å². The Bertz CT molecular complexity index is 493. The largest absolute Gasteiger partial charge is 0.338 e. The zero-order valence-electron chi connectivity index (χ0n) is 13.4. The van der Waals surface area contributed by atoms with Crippen LogP contribution in [0.2, 0.25) is 0 Å². The van der Waals surface area contributed by atoms with E-state index < -0.39 is 17.8 Å². The number of carbonyl (C=O) groups excluding carboxylic acids is 4. The lowest BCUT2D eigenvalue weighted by Gasteiger charge is -2.35. The molecule has 0 saturated carbocycles. The highest BCUT2D eigenvalue weighted by atomic mass is 35.5. The third-order valence-corrected chi connectivity index (χ3v) is 4.08. The van der Waals surface area contributed by atoms with Gasteiger partial charge in [-0.25, -0.2) is 9.69 Å². The van der Waals surface area contributed by atoms with Crippen molar-refractivity contribution in [3.8, 4) is 0 Å². The molecule has 0 unspecified atom stereocenters. The number of likely N-dealkylation sites (N-methyl/N-ethyl adjacent to an activating group) is 1. The Morgan fingerprint density at radius 1 is 1.22 bits per heavy atom. The first-order valence-electron chi connectivity index (χ1n) is 7.61. The van der Waals surface area contributed by atoms with Crippen LogP contribution in [-0.2, 0) is 14.4 Å². The lowest BCUT2D eigenvalue weighted by atomic mass is 10.0. The van der Waals surface area contributed by atoms with Crippen LogP contribution in [0.5, 0.6) is 0 Å². The molecule has 1 N–H and O–H groups in total. The van der Waals surface area contributed by atoms with E-state index in [4.69, 9.17) is 0 Å². The van der Waals surface area contributed by atoms with Gasteiger partial charge in [0.15, 0.2) is 0 Å². The number of imide groups is 2. The molecule has 0 radical (unpaired) electrons. The van der Waals surface area contributed by atoms with E-state index in [2.05, 4.69) is 5.32 Å². The fourth-order valence-electron chi connectivity index (χ4n) is 2.85. The van der Waals surface area contributed by atoms with E-state index in [0.29, 0.717) is 6.54 Å². The summed E-state index contributed by atoms with van der Waals surface area (Å²) in [4.78, 5) is 50.8. The molecule has 8 nitrogen and oxygen atoms in total. The lowest BCUT2D eigenvalue weighted by molar-refractivity contribution is -0.145. The van der Waals surface area contributed by atoms with Gasteiger partial charge in [0.1, 0.15) is 6.54 Å². The Morgan fingerprint density at radius 3 is 2.30 bits per heavy atom. The summed E-state index contributed by atoms with van der Waals surface area (Å²) in [5, 5.41) is 3.24. The van der Waals surface area contributed by atoms with Crippen LogP contribution < -0.4 is 5.32 Å². The molecule has 0 spiro atoms. The van der Waals surface area contributed by atoms with Gasteiger partial charge in [0.05, 0.1) is 0 Å². The summed E-state index contributed by atoms with van der Waals surface area (Å²) in [5.41, 5.74) is 0. The number of halogens is 1. The van der Waals surface area contributed by atoms with Gasteiger partial charge < -0.3 is 10.2 Å². The van der Waals surface area contributed by atoms with Crippen LogP contribution in [-0.4, -0.2) is 77.7 Å². The third kappa shape index (κ3) is 4.00. The maximum absolute atomic E-state index is 12.5. The molecular formula is C14H23ClN4O4. The van der Waals surface area contributed by atoms with E-state index in [1.54, 1.807) is 4.90 Å². The van der Waals surface area contributed by atoms with E-state index in [1.165, 1.54) is 7.05 Å². The second-order valence-electron chi connectivity index (χ2n) is 5.61. The van der Waals surface area contributed by atoms with Crippen LogP contribution in [0.1, 0.15) is 26.2 Å². The molecule has 0 atom stereocenters. The van der Waals surface area contributed by atoms with Crippen LogP contribution >= 0.6 is 12.4 Å². The molecule has 2 rings (SSSR count). The normalized spacial score (nSPS) is 19.1. The minimum atomic E-state index is -0.928. The molecule has 0 aromatic carbocycles. The molecule has 2 aliphatic heterocycles. The van der Waals surface area contributed by atoms with E-state index in [0.717, 1.165) is 42.2 Å². The summed E-state index contributed by atoms with van der Waals surface area (Å²) in [6, 6.07) is -0.611. The summed E-state index contributed by atoms with van der Waals surface area (Å²) in [5.74, 6) is -2.09. The molecule has 2 fully saturated rings. The number of hydrogen-bond donors (Lipinski definition) is 1. The van der Waals surface area contributed by atoms with Crippen molar-refractivity contribution in [2.24, 2.45) is 0 Å². The summed E-state index contributed by atoms with van der Waals surface area (Å²) < 4.78 is 0. The smallest absolute Gasteiger partial charge is 0.334 e. The van der Waals surface area contributed by atoms with Crippen molar-refractivity contribution in [1.29, 1.82) is 0 Å².